The molecule has 4 rings (SSSR count). The molecule has 0 saturated heterocycles. The molecule has 4 aromatic rings. The Morgan fingerprint density at radius 3 is 1.06 bits per heavy atom. The Labute approximate surface area is 397 Å². The van der Waals surface area contributed by atoms with Crippen LogP contribution in [0, 0.1) is 10.8 Å². The van der Waals surface area contributed by atoms with Gasteiger partial charge in [-0.2, -0.15) is 0 Å². The summed E-state index contributed by atoms with van der Waals surface area (Å²) < 4.78 is 53.5. The van der Waals surface area contributed by atoms with Crippen molar-refractivity contribution in [3.05, 3.63) is 143 Å². The molecule has 0 unspecified atom stereocenters. The lowest BCUT2D eigenvalue weighted by Crippen LogP contribution is -2.59. The van der Waals surface area contributed by atoms with Crippen molar-refractivity contribution in [2.75, 3.05) is 40.6 Å². The number of carbonyl (C=O) groups excluding carboxylic acids is 4. The first-order chi connectivity index (χ1) is 31.9. The average Bonchev–Trinajstić information content (AvgIpc) is 3.31. The Morgan fingerprint density at radius 2 is 0.776 bits per heavy atom. The van der Waals surface area contributed by atoms with E-state index >= 15 is 0 Å². The molecule has 0 N–H and O–H groups in total. The van der Waals surface area contributed by atoms with Crippen LogP contribution in [0.1, 0.15) is 49.9 Å². The van der Waals surface area contributed by atoms with Crippen molar-refractivity contribution in [2.45, 2.75) is 79.9 Å². The Hall–Kier alpha value is -6.17. The standard InChI is InChI=1S/C52H66O13Si2/c1-13-59-47(53)51(48(54)60-14-2,33-41-27-29-43(45(31-41)57-7)63-35-39-23-19-17-20-24-39)37(5)66(9,10)65-67(11,12)38(6)52(49(55)61-15-3,50(56)62-16-4)34-42-28-30-44(46(32-42)58-8)64-36-40-25-21-18-22-26-40/h17-32H,5-6,13-16,33-36H2,1-4,7-12H3. The van der Waals surface area contributed by atoms with Gasteiger partial charge < -0.3 is 42.0 Å². The Kier molecular flexibility index (Phi) is 19.2. The summed E-state index contributed by atoms with van der Waals surface area (Å²) >= 11 is 0. The topological polar surface area (TPSA) is 151 Å². The van der Waals surface area contributed by atoms with E-state index < -0.39 is 51.3 Å². The monoisotopic (exact) mass is 954 g/mol. The minimum absolute atomic E-state index is 0.0464. The normalized spacial score (nSPS) is 11.7. The Bertz CT molecular complexity index is 2150. The highest BCUT2D eigenvalue weighted by Crippen LogP contribution is 2.46. The first kappa shape index (κ1) is 53.4. The molecule has 0 aliphatic rings. The quantitative estimate of drug-likeness (QED) is 0.0255. The van der Waals surface area contributed by atoms with Crippen molar-refractivity contribution in [3.63, 3.8) is 0 Å². The fourth-order valence-electron chi connectivity index (χ4n) is 7.93. The smallest absolute Gasteiger partial charge is 0.327 e. The number of rotatable bonds is 26. The highest BCUT2D eigenvalue weighted by molar-refractivity contribution is 6.92. The van der Waals surface area contributed by atoms with Gasteiger partial charge in [0.25, 0.3) is 0 Å². The van der Waals surface area contributed by atoms with E-state index in [1.165, 1.54) is 14.2 Å². The van der Waals surface area contributed by atoms with E-state index in [1.54, 1.807) is 90.3 Å². The van der Waals surface area contributed by atoms with Crippen molar-refractivity contribution in [2.24, 2.45) is 10.8 Å². The zero-order valence-electron chi connectivity index (χ0n) is 40.6. The summed E-state index contributed by atoms with van der Waals surface area (Å²) in [7, 11) is -4.18. The third-order valence-electron chi connectivity index (χ3n) is 11.4. The summed E-state index contributed by atoms with van der Waals surface area (Å²) in [5, 5.41) is 0.282. The van der Waals surface area contributed by atoms with E-state index in [1.807, 2.05) is 60.7 Å². The molecular weight excluding hydrogens is 889 g/mol. The van der Waals surface area contributed by atoms with Crippen LogP contribution < -0.4 is 18.9 Å². The molecule has 13 nitrogen and oxygen atoms in total. The fraction of sp³-hybridized carbons (Fsp3) is 0.385. The second kappa shape index (κ2) is 24.0. The molecule has 0 radical (unpaired) electrons. The summed E-state index contributed by atoms with van der Waals surface area (Å²) in [6.07, 6.45) is -0.464. The van der Waals surface area contributed by atoms with Crippen LogP contribution in [0.3, 0.4) is 0 Å². The van der Waals surface area contributed by atoms with E-state index in [9.17, 15) is 19.2 Å². The summed E-state index contributed by atoms with van der Waals surface area (Å²) in [6.45, 7) is 23.0. The van der Waals surface area contributed by atoms with Crippen LogP contribution in [-0.4, -0.2) is 81.2 Å². The van der Waals surface area contributed by atoms with Gasteiger partial charge in [0.15, 0.2) is 33.8 Å². The van der Waals surface area contributed by atoms with Crippen LogP contribution in [0.5, 0.6) is 23.0 Å². The van der Waals surface area contributed by atoms with Crippen molar-refractivity contribution in [1.29, 1.82) is 0 Å². The van der Waals surface area contributed by atoms with Crippen molar-refractivity contribution < 1.29 is 61.2 Å². The zero-order valence-corrected chi connectivity index (χ0v) is 42.6. The number of ether oxygens (including phenoxy) is 8. The van der Waals surface area contributed by atoms with Gasteiger partial charge in [-0.15, -0.1) is 0 Å². The summed E-state index contributed by atoms with van der Waals surface area (Å²) in [6, 6.07) is 29.6. The molecule has 0 bridgehead atoms. The van der Waals surface area contributed by atoms with E-state index in [2.05, 4.69) is 13.2 Å². The van der Waals surface area contributed by atoms with Crippen molar-refractivity contribution in [1.82, 2.24) is 0 Å². The van der Waals surface area contributed by atoms with Gasteiger partial charge in [-0.25, -0.2) is 0 Å². The van der Waals surface area contributed by atoms with Gasteiger partial charge in [0.1, 0.15) is 13.2 Å². The van der Waals surface area contributed by atoms with Crippen molar-refractivity contribution in [3.8, 4) is 23.0 Å². The lowest BCUT2D eigenvalue weighted by molar-refractivity contribution is -0.170. The molecule has 0 aromatic heterocycles. The highest BCUT2D eigenvalue weighted by atomic mass is 28.4. The molecule has 0 fully saturated rings. The number of benzene rings is 4. The first-order valence-corrected chi connectivity index (χ1v) is 28.2. The van der Waals surface area contributed by atoms with Gasteiger partial charge in [0, 0.05) is 12.8 Å². The Morgan fingerprint density at radius 1 is 0.463 bits per heavy atom. The molecule has 0 saturated carbocycles. The number of methoxy groups -OCH3 is 2. The predicted molar refractivity (Wildman–Crippen MR) is 261 cm³/mol. The van der Waals surface area contributed by atoms with Crippen LogP contribution in [0.15, 0.2) is 121 Å². The third kappa shape index (κ3) is 12.6. The summed E-state index contributed by atoms with van der Waals surface area (Å²) in [5.41, 5.74) is -1.26. The van der Waals surface area contributed by atoms with Gasteiger partial charge in [0.2, 0.25) is 16.6 Å². The van der Waals surface area contributed by atoms with Gasteiger partial charge in [-0.3, -0.25) is 19.2 Å². The molecule has 0 heterocycles. The van der Waals surface area contributed by atoms with Gasteiger partial charge >= 0.3 is 23.9 Å². The lowest BCUT2D eigenvalue weighted by Gasteiger charge is -2.44. The number of hydrogen-bond donors (Lipinski definition) is 0. The minimum atomic E-state index is -3.59. The maximum atomic E-state index is 14.5. The molecule has 0 atom stereocenters. The van der Waals surface area contributed by atoms with Gasteiger partial charge in [0.05, 0.1) is 40.6 Å². The van der Waals surface area contributed by atoms with Crippen LogP contribution in [0.25, 0.3) is 0 Å². The lowest BCUT2D eigenvalue weighted by atomic mass is 9.81. The van der Waals surface area contributed by atoms with E-state index in [0.717, 1.165) is 11.1 Å². The molecule has 0 aliphatic heterocycles. The van der Waals surface area contributed by atoms with Gasteiger partial charge in [-0.1, -0.05) is 86.0 Å². The molecule has 67 heavy (non-hydrogen) atoms. The van der Waals surface area contributed by atoms with E-state index in [0.29, 0.717) is 34.1 Å². The molecule has 4 aromatic carbocycles. The minimum Gasteiger partial charge on any atom is -0.493 e. The molecular formula is C52H66O13Si2. The molecule has 0 spiro atoms. The summed E-state index contributed by atoms with van der Waals surface area (Å²) in [5.74, 6) is -1.84. The molecule has 15 heteroatoms. The Balaban J connectivity index is 1.79. The van der Waals surface area contributed by atoms with Crippen molar-refractivity contribution >= 4 is 40.5 Å². The molecule has 0 aliphatic carbocycles. The van der Waals surface area contributed by atoms with Crippen LogP contribution >= 0.6 is 0 Å². The fourth-order valence-corrected chi connectivity index (χ4v) is 16.7. The maximum absolute atomic E-state index is 14.5. The number of carbonyl (C=O) groups is 4. The second-order valence-corrected chi connectivity index (χ2v) is 24.7. The first-order valence-electron chi connectivity index (χ1n) is 22.4. The van der Waals surface area contributed by atoms with Crippen LogP contribution in [-0.2, 0) is 68.3 Å². The predicted octanol–water partition coefficient (Wildman–Crippen LogP) is 9.49. The maximum Gasteiger partial charge on any atom is 0.327 e. The van der Waals surface area contributed by atoms with E-state index in [-0.39, 0.29) is 62.9 Å². The summed E-state index contributed by atoms with van der Waals surface area (Å²) in [4.78, 5) is 58.0. The van der Waals surface area contributed by atoms with Gasteiger partial charge in [-0.05, 0) is 111 Å². The number of esters is 4. The highest BCUT2D eigenvalue weighted by Gasteiger charge is 2.60. The number of hydrogen-bond acceptors (Lipinski definition) is 13. The second-order valence-electron chi connectivity index (χ2n) is 16.6. The molecule has 0 amide bonds. The largest absolute Gasteiger partial charge is 0.493 e. The van der Waals surface area contributed by atoms with Crippen LogP contribution in [0.4, 0.5) is 0 Å². The van der Waals surface area contributed by atoms with E-state index in [4.69, 9.17) is 42.0 Å². The average molecular weight is 955 g/mol. The van der Waals surface area contributed by atoms with Crippen LogP contribution in [0.2, 0.25) is 26.2 Å². The molecule has 360 valence electrons. The zero-order chi connectivity index (χ0) is 49.4. The SMILES string of the molecule is C=C(C(Cc1ccc(OCc2ccccc2)c(OC)c1)(C(=O)OCC)C(=O)OCC)[Si](C)(C)O[Si](C)(C)C(=C)C(Cc1ccc(OCc2ccccc2)c(OC)c1)(C(=O)OCC)C(=O)OCC. The third-order valence-corrected chi connectivity index (χ3v) is 19.2.